The van der Waals surface area contributed by atoms with Gasteiger partial charge in [-0.15, -0.1) is 12.3 Å². The molecule has 0 aliphatic carbocycles. The third kappa shape index (κ3) is 3.35. The van der Waals surface area contributed by atoms with Crippen molar-refractivity contribution in [2.24, 2.45) is 0 Å². The van der Waals surface area contributed by atoms with Gasteiger partial charge in [-0.1, -0.05) is 11.6 Å². The number of hydrogen-bond donors (Lipinski definition) is 1. The van der Waals surface area contributed by atoms with Crippen LogP contribution in [0, 0.1) is 12.3 Å². The quantitative estimate of drug-likeness (QED) is 0.633. The monoisotopic (exact) mass is 247 g/mol. The molecule has 1 N–H and O–H groups in total. The van der Waals surface area contributed by atoms with Crippen molar-refractivity contribution in [3.8, 4) is 12.3 Å². The Kier molecular flexibility index (Phi) is 4.08. The fourth-order valence-corrected chi connectivity index (χ4v) is 1.29. The van der Waals surface area contributed by atoms with Crippen molar-refractivity contribution in [1.82, 2.24) is 0 Å². The lowest BCUT2D eigenvalue weighted by Crippen LogP contribution is -2.07. The summed E-state index contributed by atoms with van der Waals surface area (Å²) in [5.74, 6) is 2.37. The second-order valence-corrected chi connectivity index (χ2v) is 3.48. The van der Waals surface area contributed by atoms with E-state index in [1.165, 1.54) is 6.07 Å². The number of hydrogen-bond acceptors (Lipinski definition) is 1. The molecule has 16 heavy (non-hydrogen) atoms. The van der Waals surface area contributed by atoms with Gasteiger partial charge in [-0.05, 0) is 18.2 Å². The van der Waals surface area contributed by atoms with Gasteiger partial charge in [-0.2, -0.15) is 13.2 Å². The minimum Gasteiger partial charge on any atom is -0.383 e. The maximum atomic E-state index is 12.4. The van der Waals surface area contributed by atoms with E-state index in [-0.39, 0.29) is 10.7 Å². The Morgan fingerprint density at radius 1 is 1.38 bits per heavy atom. The molecule has 1 aromatic carbocycles. The SMILES string of the molecule is C#CCCNc1cc(C(F)(F)F)ccc1Cl. The van der Waals surface area contributed by atoms with E-state index in [0.29, 0.717) is 13.0 Å². The highest BCUT2D eigenvalue weighted by molar-refractivity contribution is 6.33. The lowest BCUT2D eigenvalue weighted by Gasteiger charge is -2.11. The molecule has 5 heteroatoms. The van der Waals surface area contributed by atoms with Gasteiger partial charge in [-0.25, -0.2) is 0 Å². The van der Waals surface area contributed by atoms with Crippen LogP contribution in [0.1, 0.15) is 12.0 Å². The van der Waals surface area contributed by atoms with Gasteiger partial charge < -0.3 is 5.32 Å². The largest absolute Gasteiger partial charge is 0.416 e. The summed E-state index contributed by atoms with van der Waals surface area (Å²) >= 11 is 5.74. The smallest absolute Gasteiger partial charge is 0.383 e. The van der Waals surface area contributed by atoms with E-state index in [1.54, 1.807) is 0 Å². The fourth-order valence-electron chi connectivity index (χ4n) is 1.11. The second-order valence-electron chi connectivity index (χ2n) is 3.07. The molecule has 0 unspecified atom stereocenters. The third-order valence-corrected chi connectivity index (χ3v) is 2.21. The topological polar surface area (TPSA) is 12.0 Å². The summed E-state index contributed by atoms with van der Waals surface area (Å²) in [4.78, 5) is 0. The summed E-state index contributed by atoms with van der Waals surface area (Å²) in [6.07, 6.45) is 1.08. The fraction of sp³-hybridized carbons (Fsp3) is 0.273. The average molecular weight is 248 g/mol. The number of terminal acetylenes is 1. The molecule has 0 radical (unpaired) electrons. The average Bonchev–Trinajstić information content (AvgIpc) is 2.19. The van der Waals surface area contributed by atoms with Crippen molar-refractivity contribution in [3.63, 3.8) is 0 Å². The molecule has 1 nitrogen and oxygen atoms in total. The maximum Gasteiger partial charge on any atom is 0.416 e. The van der Waals surface area contributed by atoms with Crippen LogP contribution in [-0.2, 0) is 6.18 Å². The second kappa shape index (κ2) is 5.13. The zero-order chi connectivity index (χ0) is 12.2. The van der Waals surface area contributed by atoms with Gasteiger partial charge in [0, 0.05) is 13.0 Å². The minimum atomic E-state index is -4.37. The molecule has 0 aliphatic heterocycles. The lowest BCUT2D eigenvalue weighted by molar-refractivity contribution is -0.137. The number of rotatable bonds is 3. The Labute approximate surface area is 96.6 Å². The first-order valence-corrected chi connectivity index (χ1v) is 4.87. The summed E-state index contributed by atoms with van der Waals surface area (Å²) in [6, 6.07) is 3.12. The molecule has 86 valence electrons. The Hall–Kier alpha value is -1.34. The normalized spacial score (nSPS) is 10.9. The van der Waals surface area contributed by atoms with E-state index < -0.39 is 11.7 Å². The molecule has 0 saturated heterocycles. The number of anilines is 1. The Morgan fingerprint density at radius 3 is 2.62 bits per heavy atom. The van der Waals surface area contributed by atoms with E-state index in [2.05, 4.69) is 11.2 Å². The number of benzene rings is 1. The molecule has 0 aliphatic rings. The van der Waals surface area contributed by atoms with Crippen LogP contribution in [0.15, 0.2) is 18.2 Å². The predicted octanol–water partition coefficient (Wildman–Crippen LogP) is 3.79. The summed E-state index contributed by atoms with van der Waals surface area (Å²) in [5.41, 5.74) is -0.494. The highest BCUT2D eigenvalue weighted by Crippen LogP contribution is 2.33. The van der Waals surface area contributed by atoms with E-state index in [0.717, 1.165) is 12.1 Å². The molecule has 0 atom stereocenters. The van der Waals surface area contributed by atoms with E-state index >= 15 is 0 Å². The van der Waals surface area contributed by atoms with Crippen LogP contribution in [0.2, 0.25) is 5.02 Å². The molecular weight excluding hydrogens is 239 g/mol. The highest BCUT2D eigenvalue weighted by Gasteiger charge is 2.30. The molecule has 0 amide bonds. The van der Waals surface area contributed by atoms with Gasteiger partial charge in [0.2, 0.25) is 0 Å². The molecule has 0 heterocycles. The van der Waals surface area contributed by atoms with Gasteiger partial charge in [0.25, 0.3) is 0 Å². The summed E-state index contributed by atoms with van der Waals surface area (Å²) in [5, 5.41) is 2.99. The van der Waals surface area contributed by atoms with Crippen molar-refractivity contribution < 1.29 is 13.2 Å². The summed E-state index contributed by atoms with van der Waals surface area (Å²) in [6.45, 7) is 0.386. The standard InChI is InChI=1S/C11H9ClF3N/c1-2-3-6-16-10-7-8(11(13,14)15)4-5-9(10)12/h1,4-5,7,16H,3,6H2. The molecule has 1 rings (SSSR count). The minimum absolute atomic E-state index is 0.241. The van der Waals surface area contributed by atoms with Crippen molar-refractivity contribution in [2.45, 2.75) is 12.6 Å². The zero-order valence-corrected chi connectivity index (χ0v) is 8.99. The van der Waals surface area contributed by atoms with Crippen molar-refractivity contribution in [3.05, 3.63) is 28.8 Å². The summed E-state index contributed by atoms with van der Waals surface area (Å²) < 4.78 is 37.2. The maximum absolute atomic E-state index is 12.4. The Bertz CT molecular complexity index is 407. The van der Waals surface area contributed by atoms with Crippen LogP contribution < -0.4 is 5.32 Å². The third-order valence-electron chi connectivity index (χ3n) is 1.88. The molecule has 0 saturated carbocycles. The molecule has 0 fully saturated rings. The van der Waals surface area contributed by atoms with Gasteiger partial charge in [-0.3, -0.25) is 0 Å². The first-order chi connectivity index (χ1) is 7.45. The van der Waals surface area contributed by atoms with Gasteiger partial charge >= 0.3 is 6.18 Å². The zero-order valence-electron chi connectivity index (χ0n) is 8.24. The Morgan fingerprint density at radius 2 is 2.06 bits per heavy atom. The van der Waals surface area contributed by atoms with Crippen LogP contribution in [-0.4, -0.2) is 6.54 Å². The first-order valence-electron chi connectivity index (χ1n) is 4.49. The molecule has 0 spiro atoms. The van der Waals surface area contributed by atoms with E-state index in [9.17, 15) is 13.2 Å². The van der Waals surface area contributed by atoms with Crippen molar-refractivity contribution >= 4 is 17.3 Å². The summed E-state index contributed by atoms with van der Waals surface area (Å²) in [7, 11) is 0. The molecule has 0 bridgehead atoms. The van der Waals surface area contributed by atoms with Crippen LogP contribution in [0.4, 0.5) is 18.9 Å². The molecular formula is C11H9ClF3N. The van der Waals surface area contributed by atoms with Gasteiger partial charge in [0.05, 0.1) is 16.3 Å². The molecule has 1 aromatic rings. The Balaban J connectivity index is 2.88. The predicted molar refractivity (Wildman–Crippen MR) is 58.4 cm³/mol. The first kappa shape index (κ1) is 12.7. The number of alkyl halides is 3. The lowest BCUT2D eigenvalue weighted by atomic mass is 10.2. The van der Waals surface area contributed by atoms with E-state index in [1.807, 2.05) is 0 Å². The van der Waals surface area contributed by atoms with Crippen LogP contribution in [0.3, 0.4) is 0 Å². The van der Waals surface area contributed by atoms with Crippen molar-refractivity contribution in [1.29, 1.82) is 0 Å². The van der Waals surface area contributed by atoms with Gasteiger partial charge in [0.15, 0.2) is 0 Å². The molecule has 0 aromatic heterocycles. The highest BCUT2D eigenvalue weighted by atomic mass is 35.5. The van der Waals surface area contributed by atoms with Crippen LogP contribution in [0.25, 0.3) is 0 Å². The van der Waals surface area contributed by atoms with Crippen molar-refractivity contribution in [2.75, 3.05) is 11.9 Å². The van der Waals surface area contributed by atoms with Crippen LogP contribution in [0.5, 0.6) is 0 Å². The number of halogens is 4. The number of nitrogens with one attached hydrogen (secondary N) is 1. The van der Waals surface area contributed by atoms with Crippen LogP contribution >= 0.6 is 11.6 Å². The van der Waals surface area contributed by atoms with Gasteiger partial charge in [0.1, 0.15) is 0 Å². The van der Waals surface area contributed by atoms with E-state index in [4.69, 9.17) is 18.0 Å².